The van der Waals surface area contributed by atoms with Crippen LogP contribution in [0.1, 0.15) is 53.9 Å². The fraction of sp³-hybridized carbons (Fsp3) is 0.929. The molecular weight excluding hydrogens is 264 g/mol. The number of ether oxygens (including phenoxy) is 1. The lowest BCUT2D eigenvalue weighted by Gasteiger charge is -2.59. The normalized spacial score (nSPS) is 31.6. The number of carbonyl (C=O) groups excluding carboxylic acids is 1. The van der Waals surface area contributed by atoms with Crippen LogP contribution in [0.2, 0.25) is 0 Å². The molecule has 3 atom stereocenters. The highest BCUT2D eigenvalue weighted by molar-refractivity contribution is 5.86. The van der Waals surface area contributed by atoms with Gasteiger partial charge in [0.2, 0.25) is 5.91 Å². The molecular formula is C14H29ClN2O2. The number of carbonyl (C=O) groups is 1. The van der Waals surface area contributed by atoms with Crippen LogP contribution in [0.3, 0.4) is 0 Å². The maximum absolute atomic E-state index is 12.2. The maximum atomic E-state index is 12.2. The second-order valence-electron chi connectivity index (χ2n) is 6.55. The van der Waals surface area contributed by atoms with Crippen LogP contribution in [0.4, 0.5) is 0 Å². The standard InChI is InChI=1S/C14H28N2O2.ClH/c1-7-8-13(4,15)11(17)16-10-9-14(5,18-6)12(10,2)3;/h10H,7-9,15H2,1-6H3,(H,16,17);1H. The number of hydrogen-bond donors (Lipinski definition) is 2. The second-order valence-corrected chi connectivity index (χ2v) is 6.55. The highest BCUT2D eigenvalue weighted by atomic mass is 35.5. The zero-order chi connectivity index (χ0) is 14.2. The summed E-state index contributed by atoms with van der Waals surface area (Å²) < 4.78 is 5.55. The summed E-state index contributed by atoms with van der Waals surface area (Å²) in [6.07, 6.45) is 2.45. The molecule has 5 heteroatoms. The van der Waals surface area contributed by atoms with Gasteiger partial charge in [-0.15, -0.1) is 12.4 Å². The molecule has 0 aromatic rings. The average molecular weight is 293 g/mol. The lowest BCUT2D eigenvalue weighted by Crippen LogP contribution is -2.70. The number of halogens is 1. The van der Waals surface area contributed by atoms with Gasteiger partial charge in [0.25, 0.3) is 0 Å². The molecule has 0 aliphatic heterocycles. The maximum Gasteiger partial charge on any atom is 0.240 e. The Morgan fingerprint density at radius 1 is 1.47 bits per heavy atom. The van der Waals surface area contributed by atoms with Crippen LogP contribution in [0.15, 0.2) is 0 Å². The van der Waals surface area contributed by atoms with Gasteiger partial charge < -0.3 is 15.8 Å². The van der Waals surface area contributed by atoms with E-state index in [-0.39, 0.29) is 35.4 Å². The van der Waals surface area contributed by atoms with Crippen molar-refractivity contribution in [3.8, 4) is 0 Å². The van der Waals surface area contributed by atoms with E-state index in [4.69, 9.17) is 10.5 Å². The molecule has 1 fully saturated rings. The third-order valence-electron chi connectivity index (χ3n) is 4.87. The minimum Gasteiger partial charge on any atom is -0.378 e. The van der Waals surface area contributed by atoms with Crippen molar-refractivity contribution in [2.45, 2.75) is 71.1 Å². The fourth-order valence-electron chi connectivity index (χ4n) is 2.68. The molecule has 0 spiro atoms. The largest absolute Gasteiger partial charge is 0.378 e. The first kappa shape index (κ1) is 18.7. The lowest BCUT2D eigenvalue weighted by atomic mass is 9.55. The van der Waals surface area contributed by atoms with E-state index in [0.29, 0.717) is 6.42 Å². The molecule has 19 heavy (non-hydrogen) atoms. The molecule has 0 radical (unpaired) electrons. The zero-order valence-electron chi connectivity index (χ0n) is 13.0. The van der Waals surface area contributed by atoms with Crippen LogP contribution in [0, 0.1) is 5.41 Å². The first-order valence-electron chi connectivity index (χ1n) is 6.75. The predicted molar refractivity (Wildman–Crippen MR) is 80.5 cm³/mol. The topological polar surface area (TPSA) is 64.4 Å². The average Bonchev–Trinajstić information content (AvgIpc) is 2.27. The van der Waals surface area contributed by atoms with Gasteiger partial charge >= 0.3 is 0 Å². The van der Waals surface area contributed by atoms with Gasteiger partial charge in [0, 0.05) is 18.6 Å². The van der Waals surface area contributed by atoms with Gasteiger partial charge in [-0.25, -0.2) is 0 Å². The van der Waals surface area contributed by atoms with E-state index in [1.807, 2.05) is 6.92 Å². The summed E-state index contributed by atoms with van der Waals surface area (Å²) in [5.41, 5.74) is 5.03. The molecule has 0 saturated heterocycles. The molecule has 1 rings (SSSR count). The Morgan fingerprint density at radius 2 is 2.00 bits per heavy atom. The third kappa shape index (κ3) is 3.23. The van der Waals surface area contributed by atoms with Crippen molar-refractivity contribution in [1.82, 2.24) is 5.32 Å². The minimum absolute atomic E-state index is 0. The SMILES string of the molecule is CCCC(C)(N)C(=O)NC1CC(C)(OC)C1(C)C.Cl. The Kier molecular flexibility index (Phi) is 5.88. The number of nitrogens with one attached hydrogen (secondary N) is 1. The van der Waals surface area contributed by atoms with Crippen molar-refractivity contribution in [2.75, 3.05) is 7.11 Å². The van der Waals surface area contributed by atoms with Gasteiger partial charge in [-0.2, -0.15) is 0 Å². The van der Waals surface area contributed by atoms with Crippen molar-refractivity contribution in [2.24, 2.45) is 11.1 Å². The first-order valence-corrected chi connectivity index (χ1v) is 6.75. The number of amides is 1. The minimum atomic E-state index is -0.774. The Labute approximate surface area is 123 Å². The van der Waals surface area contributed by atoms with Gasteiger partial charge in [0.1, 0.15) is 0 Å². The fourth-order valence-corrected chi connectivity index (χ4v) is 2.68. The molecule has 114 valence electrons. The summed E-state index contributed by atoms with van der Waals surface area (Å²) in [5.74, 6) is -0.0550. The lowest BCUT2D eigenvalue weighted by molar-refractivity contribution is -0.183. The summed E-state index contributed by atoms with van der Waals surface area (Å²) in [6, 6.07) is 0.134. The Bertz CT molecular complexity index is 331. The molecule has 4 nitrogen and oxygen atoms in total. The van der Waals surface area contributed by atoms with E-state index in [1.165, 1.54) is 0 Å². The quantitative estimate of drug-likeness (QED) is 0.817. The zero-order valence-corrected chi connectivity index (χ0v) is 13.8. The van der Waals surface area contributed by atoms with Crippen molar-refractivity contribution < 1.29 is 9.53 Å². The monoisotopic (exact) mass is 292 g/mol. The summed E-state index contributed by atoms with van der Waals surface area (Å²) in [4.78, 5) is 12.2. The van der Waals surface area contributed by atoms with Gasteiger partial charge in [-0.1, -0.05) is 27.2 Å². The van der Waals surface area contributed by atoms with Gasteiger partial charge in [0.15, 0.2) is 0 Å². The second kappa shape index (κ2) is 5.98. The third-order valence-corrected chi connectivity index (χ3v) is 4.87. The van der Waals surface area contributed by atoms with E-state index in [0.717, 1.165) is 12.8 Å². The molecule has 1 amide bonds. The van der Waals surface area contributed by atoms with Crippen molar-refractivity contribution >= 4 is 18.3 Å². The Morgan fingerprint density at radius 3 is 2.37 bits per heavy atom. The Balaban J connectivity index is 0.00000324. The number of methoxy groups -OCH3 is 1. The van der Waals surface area contributed by atoms with Crippen molar-refractivity contribution in [1.29, 1.82) is 0 Å². The molecule has 3 unspecified atom stereocenters. The molecule has 1 aliphatic rings. The van der Waals surface area contributed by atoms with Gasteiger partial charge in [-0.05, 0) is 26.7 Å². The highest BCUT2D eigenvalue weighted by Crippen LogP contribution is 2.51. The van der Waals surface area contributed by atoms with Crippen LogP contribution < -0.4 is 11.1 Å². The molecule has 1 saturated carbocycles. The molecule has 3 N–H and O–H groups in total. The van der Waals surface area contributed by atoms with E-state index >= 15 is 0 Å². The van der Waals surface area contributed by atoms with Gasteiger partial charge in [0.05, 0.1) is 11.1 Å². The smallest absolute Gasteiger partial charge is 0.240 e. The van der Waals surface area contributed by atoms with Crippen LogP contribution in [0.5, 0.6) is 0 Å². The summed E-state index contributed by atoms with van der Waals surface area (Å²) >= 11 is 0. The molecule has 0 aromatic carbocycles. The first-order chi connectivity index (χ1) is 8.10. The van der Waals surface area contributed by atoms with E-state index in [1.54, 1.807) is 14.0 Å². The summed E-state index contributed by atoms with van der Waals surface area (Å²) in [5, 5.41) is 3.08. The van der Waals surface area contributed by atoms with Crippen LogP contribution >= 0.6 is 12.4 Å². The predicted octanol–water partition coefficient (Wildman–Crippen LogP) is 2.25. The number of nitrogens with two attached hydrogens (primary N) is 1. The molecule has 0 aromatic heterocycles. The van der Waals surface area contributed by atoms with E-state index in [9.17, 15) is 4.79 Å². The number of rotatable bonds is 5. The van der Waals surface area contributed by atoms with Crippen LogP contribution in [-0.2, 0) is 9.53 Å². The highest BCUT2D eigenvalue weighted by Gasteiger charge is 2.58. The number of hydrogen-bond acceptors (Lipinski definition) is 3. The van der Waals surface area contributed by atoms with Crippen molar-refractivity contribution in [3.05, 3.63) is 0 Å². The van der Waals surface area contributed by atoms with Crippen LogP contribution in [-0.4, -0.2) is 30.2 Å². The summed E-state index contributed by atoms with van der Waals surface area (Å²) in [6.45, 7) is 10.2. The Hall–Kier alpha value is -0.320. The molecule has 0 bridgehead atoms. The molecule has 0 heterocycles. The summed E-state index contributed by atoms with van der Waals surface area (Å²) in [7, 11) is 1.73. The van der Waals surface area contributed by atoms with Crippen molar-refractivity contribution in [3.63, 3.8) is 0 Å². The van der Waals surface area contributed by atoms with Crippen LogP contribution in [0.25, 0.3) is 0 Å². The van der Waals surface area contributed by atoms with E-state index < -0.39 is 5.54 Å². The molecule has 1 aliphatic carbocycles. The van der Waals surface area contributed by atoms with Gasteiger partial charge in [-0.3, -0.25) is 4.79 Å². The van der Waals surface area contributed by atoms with E-state index in [2.05, 4.69) is 26.1 Å².